The van der Waals surface area contributed by atoms with Crippen LogP contribution in [0.2, 0.25) is 0 Å². The lowest BCUT2D eigenvalue weighted by molar-refractivity contribution is -0.0890. The molecule has 6 nitrogen and oxygen atoms in total. The number of hydrogen-bond acceptors (Lipinski definition) is 5. The van der Waals surface area contributed by atoms with Gasteiger partial charge in [-0.2, -0.15) is 0 Å². The second-order valence-electron chi connectivity index (χ2n) is 8.61. The van der Waals surface area contributed by atoms with Gasteiger partial charge >= 0.3 is 6.09 Å². The third-order valence-corrected chi connectivity index (χ3v) is 6.20. The summed E-state index contributed by atoms with van der Waals surface area (Å²) in [5, 5.41) is 21.0. The summed E-state index contributed by atoms with van der Waals surface area (Å²) >= 11 is 0. The summed E-state index contributed by atoms with van der Waals surface area (Å²) in [5.41, 5.74) is 0.608. The fourth-order valence-electron chi connectivity index (χ4n) is 4.57. The molecule has 2 saturated heterocycles. The van der Waals surface area contributed by atoms with Crippen LogP contribution in [0.5, 0.6) is 0 Å². The molecule has 0 unspecified atom stereocenters. The van der Waals surface area contributed by atoms with Crippen LogP contribution in [-0.2, 0) is 11.2 Å². The number of amides is 1. The Hall–Kier alpha value is -1.63. The number of carbonyl (C=O) groups is 1. The van der Waals surface area contributed by atoms with Crippen molar-refractivity contribution in [3.05, 3.63) is 35.9 Å². The maximum atomic E-state index is 12.1. The Morgan fingerprint density at radius 2 is 1.86 bits per heavy atom. The zero-order valence-electron chi connectivity index (χ0n) is 17.1. The van der Waals surface area contributed by atoms with Crippen molar-refractivity contribution in [3.63, 3.8) is 0 Å². The quantitative estimate of drug-likeness (QED) is 0.807. The maximum Gasteiger partial charge on any atom is 0.410 e. The van der Waals surface area contributed by atoms with E-state index in [9.17, 15) is 15.0 Å². The lowest BCUT2D eigenvalue weighted by Crippen LogP contribution is -2.58. The van der Waals surface area contributed by atoms with E-state index < -0.39 is 11.5 Å². The summed E-state index contributed by atoms with van der Waals surface area (Å²) < 4.78 is 5.31. The molecular weight excluding hydrogens is 356 g/mol. The van der Waals surface area contributed by atoms with Crippen LogP contribution in [0.3, 0.4) is 0 Å². The summed E-state index contributed by atoms with van der Waals surface area (Å²) in [6.45, 7) is 6.61. The molecule has 2 heterocycles. The molecule has 1 amide bonds. The first-order chi connectivity index (χ1) is 13.4. The Labute approximate surface area is 168 Å². The molecule has 0 aliphatic carbocycles. The Morgan fingerprint density at radius 1 is 1.18 bits per heavy atom. The first-order valence-electron chi connectivity index (χ1n) is 10.5. The fraction of sp³-hybridized carbons (Fsp3) is 0.682. The van der Waals surface area contributed by atoms with Crippen LogP contribution in [0.15, 0.2) is 30.3 Å². The monoisotopic (exact) mass is 390 g/mol. The molecule has 0 spiro atoms. The van der Waals surface area contributed by atoms with Gasteiger partial charge in [-0.15, -0.1) is 0 Å². The smallest absolute Gasteiger partial charge is 0.410 e. The van der Waals surface area contributed by atoms with Crippen LogP contribution in [0, 0.1) is 5.41 Å². The highest BCUT2D eigenvalue weighted by atomic mass is 16.6. The van der Waals surface area contributed by atoms with Gasteiger partial charge in [-0.3, -0.25) is 4.90 Å². The van der Waals surface area contributed by atoms with Gasteiger partial charge < -0.3 is 19.8 Å². The Bertz CT molecular complexity index is 631. The van der Waals surface area contributed by atoms with Crippen LogP contribution in [0.1, 0.15) is 38.7 Å². The zero-order chi connectivity index (χ0) is 20.1. The van der Waals surface area contributed by atoms with Crippen molar-refractivity contribution in [2.45, 2.75) is 57.8 Å². The highest BCUT2D eigenvalue weighted by Crippen LogP contribution is 2.36. The van der Waals surface area contributed by atoms with Crippen molar-refractivity contribution in [3.8, 4) is 0 Å². The van der Waals surface area contributed by atoms with Crippen LogP contribution in [0.25, 0.3) is 0 Å². The Morgan fingerprint density at radius 3 is 2.46 bits per heavy atom. The minimum absolute atomic E-state index is 0.0287. The van der Waals surface area contributed by atoms with Crippen LogP contribution in [-0.4, -0.2) is 77.1 Å². The summed E-state index contributed by atoms with van der Waals surface area (Å²) in [6.07, 6.45) is 2.31. The van der Waals surface area contributed by atoms with Crippen LogP contribution in [0.4, 0.5) is 4.79 Å². The summed E-state index contributed by atoms with van der Waals surface area (Å²) in [6, 6.07) is 10.5. The number of benzene rings is 1. The number of rotatable bonds is 5. The van der Waals surface area contributed by atoms with Crippen LogP contribution >= 0.6 is 0 Å². The van der Waals surface area contributed by atoms with Gasteiger partial charge in [0, 0.05) is 37.6 Å². The van der Waals surface area contributed by atoms with Crippen molar-refractivity contribution in [2.24, 2.45) is 5.41 Å². The third kappa shape index (κ3) is 4.85. The predicted octanol–water partition coefficient (Wildman–Crippen LogP) is 2.28. The number of nitrogens with zero attached hydrogens (tertiary/aromatic N) is 2. The fourth-order valence-corrected chi connectivity index (χ4v) is 4.57. The van der Waals surface area contributed by atoms with Crippen molar-refractivity contribution in [2.75, 3.05) is 32.8 Å². The molecule has 156 valence electrons. The molecule has 2 atom stereocenters. The van der Waals surface area contributed by atoms with Crippen LogP contribution < -0.4 is 0 Å². The Kier molecular flexibility index (Phi) is 6.96. The highest BCUT2D eigenvalue weighted by Gasteiger charge is 2.44. The molecule has 0 aromatic heterocycles. The average Bonchev–Trinajstić information content (AvgIpc) is 2.70. The van der Waals surface area contributed by atoms with Crippen molar-refractivity contribution in [1.82, 2.24) is 9.80 Å². The van der Waals surface area contributed by atoms with Gasteiger partial charge in [-0.05, 0) is 45.1 Å². The number of ether oxygens (including phenoxy) is 1. The normalized spacial score (nSPS) is 27.2. The molecule has 0 bridgehead atoms. The first kappa shape index (κ1) is 21.1. The molecule has 1 aromatic rings. The molecule has 0 radical (unpaired) electrons. The van der Waals surface area contributed by atoms with E-state index in [1.54, 1.807) is 4.90 Å². The van der Waals surface area contributed by atoms with Gasteiger partial charge in [0.15, 0.2) is 0 Å². The van der Waals surface area contributed by atoms with Gasteiger partial charge in [0.2, 0.25) is 0 Å². The van der Waals surface area contributed by atoms with Gasteiger partial charge in [0.05, 0.1) is 18.8 Å². The lowest BCUT2D eigenvalue weighted by Gasteiger charge is -2.49. The zero-order valence-corrected chi connectivity index (χ0v) is 17.1. The van der Waals surface area contributed by atoms with Gasteiger partial charge in [-0.1, -0.05) is 30.3 Å². The molecule has 2 aliphatic rings. The van der Waals surface area contributed by atoms with E-state index in [4.69, 9.17) is 4.74 Å². The largest absolute Gasteiger partial charge is 0.447 e. The van der Waals surface area contributed by atoms with E-state index in [1.165, 1.54) is 0 Å². The van der Waals surface area contributed by atoms with Crippen molar-refractivity contribution in [1.29, 1.82) is 0 Å². The first-order valence-corrected chi connectivity index (χ1v) is 10.5. The summed E-state index contributed by atoms with van der Waals surface area (Å²) in [5.74, 6) is 0. The second kappa shape index (κ2) is 9.25. The molecular formula is C22H34N2O4. The molecule has 2 fully saturated rings. The molecule has 2 aliphatic heterocycles. The molecule has 28 heavy (non-hydrogen) atoms. The minimum Gasteiger partial charge on any atom is -0.447 e. The topological polar surface area (TPSA) is 73.2 Å². The predicted molar refractivity (Wildman–Crippen MR) is 108 cm³/mol. The lowest BCUT2D eigenvalue weighted by atomic mass is 9.73. The molecule has 0 saturated carbocycles. The number of aliphatic hydroxyl groups excluding tert-OH is 2. The molecule has 6 heteroatoms. The number of piperidine rings is 2. The number of carbonyl (C=O) groups excluding carboxylic acids is 1. The van der Waals surface area contributed by atoms with E-state index in [-0.39, 0.29) is 18.8 Å². The molecule has 3 rings (SSSR count). The molecule has 2 N–H and O–H groups in total. The van der Waals surface area contributed by atoms with E-state index in [1.807, 2.05) is 32.0 Å². The standard InChI is InChI=1S/C22H34N2O4/c1-17(2)28-21(27)23-11-8-19(9-12-23)24-13-10-20(26)22(15-24,16-25)14-18-6-4-3-5-7-18/h3-7,17,19-20,25-26H,8-16H2,1-2H3/t20-,22+/m0/s1. The van der Waals surface area contributed by atoms with Gasteiger partial charge in [0.1, 0.15) is 0 Å². The SMILES string of the molecule is CC(C)OC(=O)N1CCC(N2CC[C@H](O)[C@](CO)(Cc3ccccc3)C2)CC1. The maximum absolute atomic E-state index is 12.1. The summed E-state index contributed by atoms with van der Waals surface area (Å²) in [4.78, 5) is 16.3. The summed E-state index contributed by atoms with van der Waals surface area (Å²) in [7, 11) is 0. The average molecular weight is 391 g/mol. The van der Waals surface area contributed by atoms with Gasteiger partial charge in [0.25, 0.3) is 0 Å². The van der Waals surface area contributed by atoms with E-state index in [2.05, 4.69) is 17.0 Å². The van der Waals surface area contributed by atoms with Crippen molar-refractivity contribution < 1.29 is 19.7 Å². The molecule has 1 aromatic carbocycles. The minimum atomic E-state index is -0.534. The van der Waals surface area contributed by atoms with E-state index in [0.29, 0.717) is 38.5 Å². The number of likely N-dealkylation sites (tertiary alicyclic amines) is 2. The van der Waals surface area contributed by atoms with E-state index in [0.717, 1.165) is 24.9 Å². The number of aliphatic hydroxyl groups is 2. The second-order valence-corrected chi connectivity index (χ2v) is 8.61. The highest BCUT2D eigenvalue weighted by molar-refractivity contribution is 5.67. The van der Waals surface area contributed by atoms with Crippen molar-refractivity contribution >= 4 is 6.09 Å². The third-order valence-electron chi connectivity index (χ3n) is 6.20. The Balaban J connectivity index is 1.62. The van der Waals surface area contributed by atoms with E-state index >= 15 is 0 Å². The van der Waals surface area contributed by atoms with Gasteiger partial charge in [-0.25, -0.2) is 4.79 Å². The number of hydrogen-bond donors (Lipinski definition) is 2.